The predicted octanol–water partition coefficient (Wildman–Crippen LogP) is 2.63. The number of hydrogen-bond donors (Lipinski definition) is 0. The number of rotatable bonds is 8. The van der Waals surface area contributed by atoms with E-state index in [2.05, 4.69) is 27.5 Å². The molecule has 0 saturated carbocycles. The molecule has 7 heteroatoms. The average Bonchev–Trinajstić information content (AvgIpc) is 3.03. The summed E-state index contributed by atoms with van der Waals surface area (Å²) in [4.78, 5) is 4.61. The largest absolute Gasteiger partial charge is 0.383 e. The van der Waals surface area contributed by atoms with Gasteiger partial charge in [-0.15, -0.1) is 21.5 Å². The number of thiazole rings is 1. The van der Waals surface area contributed by atoms with Gasteiger partial charge in [-0.3, -0.25) is 0 Å². The molecule has 0 spiro atoms. The van der Waals surface area contributed by atoms with Gasteiger partial charge in [-0.1, -0.05) is 18.7 Å². The zero-order valence-electron chi connectivity index (χ0n) is 11.2. The van der Waals surface area contributed by atoms with Crippen LogP contribution in [0.15, 0.2) is 16.9 Å². The molecule has 2 aromatic heterocycles. The highest BCUT2D eigenvalue weighted by atomic mass is 32.2. The summed E-state index contributed by atoms with van der Waals surface area (Å²) in [7, 11) is 1.70. The summed E-state index contributed by atoms with van der Waals surface area (Å²) in [6, 6.07) is 0. The quantitative estimate of drug-likeness (QED) is 0.701. The van der Waals surface area contributed by atoms with Crippen molar-refractivity contribution in [2.45, 2.75) is 37.2 Å². The molecular formula is C12H18N4OS2. The maximum atomic E-state index is 5.07. The molecule has 0 fully saturated rings. The molecule has 19 heavy (non-hydrogen) atoms. The monoisotopic (exact) mass is 298 g/mol. The van der Waals surface area contributed by atoms with Crippen molar-refractivity contribution in [3.8, 4) is 0 Å². The van der Waals surface area contributed by atoms with Gasteiger partial charge < -0.3 is 9.30 Å². The third-order valence-electron chi connectivity index (χ3n) is 2.53. The van der Waals surface area contributed by atoms with Crippen LogP contribution in [-0.2, 0) is 23.5 Å². The summed E-state index contributed by atoms with van der Waals surface area (Å²) in [6.07, 6.45) is 3.95. The summed E-state index contributed by atoms with van der Waals surface area (Å²) in [5.41, 5.74) is 1.12. The molecule has 5 nitrogen and oxygen atoms in total. The predicted molar refractivity (Wildman–Crippen MR) is 77.6 cm³/mol. The summed E-state index contributed by atoms with van der Waals surface area (Å²) in [6.45, 7) is 3.63. The Morgan fingerprint density at radius 3 is 3.16 bits per heavy atom. The lowest BCUT2D eigenvalue weighted by molar-refractivity contribution is 0.184. The molecule has 0 bridgehead atoms. The molecule has 0 unspecified atom stereocenters. The van der Waals surface area contributed by atoms with E-state index >= 15 is 0 Å². The lowest BCUT2D eigenvalue weighted by Gasteiger charge is -2.04. The molecular weight excluding hydrogens is 280 g/mol. The van der Waals surface area contributed by atoms with Crippen LogP contribution >= 0.6 is 23.1 Å². The molecule has 2 aromatic rings. The highest BCUT2D eigenvalue weighted by molar-refractivity contribution is 7.98. The molecule has 0 aliphatic heterocycles. The Bertz CT molecular complexity index is 497. The first kappa shape index (κ1) is 14.5. The van der Waals surface area contributed by atoms with Gasteiger partial charge in [0.25, 0.3) is 0 Å². The Morgan fingerprint density at radius 2 is 2.37 bits per heavy atom. The molecule has 0 atom stereocenters. The summed E-state index contributed by atoms with van der Waals surface area (Å²) in [5.74, 6) is 0.839. The molecule has 2 rings (SSSR count). The van der Waals surface area contributed by atoms with Crippen LogP contribution in [0.1, 0.15) is 24.0 Å². The fraction of sp³-hybridized carbons (Fsp3) is 0.583. The van der Waals surface area contributed by atoms with E-state index < -0.39 is 0 Å². The first-order chi connectivity index (χ1) is 9.33. The van der Waals surface area contributed by atoms with Gasteiger partial charge in [-0.25, -0.2) is 4.98 Å². The number of hydrogen-bond acceptors (Lipinski definition) is 6. The second-order valence-electron chi connectivity index (χ2n) is 4.07. The maximum Gasteiger partial charge on any atom is 0.191 e. The van der Waals surface area contributed by atoms with Gasteiger partial charge in [0.15, 0.2) is 5.16 Å². The standard InChI is InChI=1S/C12H18N4OS2/c1-3-4-11-14-10(7-18-11)8-19-12-15-13-9-16(12)5-6-17-2/h7,9H,3-6,8H2,1-2H3. The van der Waals surface area contributed by atoms with Gasteiger partial charge in [-0.2, -0.15) is 0 Å². The number of nitrogens with zero attached hydrogens (tertiary/aromatic N) is 4. The molecule has 0 aliphatic rings. The van der Waals surface area contributed by atoms with Crippen molar-refractivity contribution >= 4 is 23.1 Å². The summed E-state index contributed by atoms with van der Waals surface area (Å²) < 4.78 is 7.07. The molecule has 0 aliphatic carbocycles. The lowest BCUT2D eigenvalue weighted by atomic mass is 10.3. The normalized spacial score (nSPS) is 11.1. The van der Waals surface area contributed by atoms with E-state index in [1.54, 1.807) is 36.5 Å². The Balaban J connectivity index is 1.88. The van der Waals surface area contributed by atoms with Crippen molar-refractivity contribution in [3.05, 3.63) is 22.4 Å². The van der Waals surface area contributed by atoms with Crippen LogP contribution in [-0.4, -0.2) is 33.5 Å². The summed E-state index contributed by atoms with van der Waals surface area (Å²) in [5, 5.41) is 12.3. The highest BCUT2D eigenvalue weighted by Gasteiger charge is 2.07. The zero-order chi connectivity index (χ0) is 13.5. The lowest BCUT2D eigenvalue weighted by Crippen LogP contribution is -2.04. The smallest absolute Gasteiger partial charge is 0.191 e. The third kappa shape index (κ3) is 4.29. The molecule has 0 amide bonds. The van der Waals surface area contributed by atoms with Crippen LogP contribution in [0.3, 0.4) is 0 Å². The van der Waals surface area contributed by atoms with E-state index in [0.29, 0.717) is 6.61 Å². The van der Waals surface area contributed by atoms with E-state index in [1.807, 2.05) is 4.57 Å². The Morgan fingerprint density at radius 1 is 1.47 bits per heavy atom. The maximum absolute atomic E-state index is 5.07. The number of aromatic nitrogens is 4. The number of methoxy groups -OCH3 is 1. The SMILES string of the molecule is CCCc1nc(CSc2nncn2CCOC)cs1. The number of ether oxygens (including phenoxy) is 1. The minimum absolute atomic E-state index is 0.670. The average molecular weight is 298 g/mol. The summed E-state index contributed by atoms with van der Waals surface area (Å²) >= 11 is 3.41. The Hall–Kier alpha value is -0.920. The van der Waals surface area contributed by atoms with Crippen molar-refractivity contribution in [2.75, 3.05) is 13.7 Å². The minimum atomic E-state index is 0.670. The van der Waals surface area contributed by atoms with E-state index in [4.69, 9.17) is 4.74 Å². The highest BCUT2D eigenvalue weighted by Crippen LogP contribution is 2.22. The van der Waals surface area contributed by atoms with Gasteiger partial charge >= 0.3 is 0 Å². The second kappa shape index (κ2) is 7.62. The minimum Gasteiger partial charge on any atom is -0.383 e. The number of aryl methyl sites for hydroxylation is 1. The second-order valence-corrected chi connectivity index (χ2v) is 5.96. The van der Waals surface area contributed by atoms with Crippen LogP contribution < -0.4 is 0 Å². The molecule has 104 valence electrons. The van der Waals surface area contributed by atoms with E-state index in [0.717, 1.165) is 36.0 Å². The van der Waals surface area contributed by atoms with Crippen molar-refractivity contribution in [1.82, 2.24) is 19.7 Å². The fourth-order valence-corrected chi connectivity index (χ4v) is 3.42. The van der Waals surface area contributed by atoms with Crippen LogP contribution in [0.5, 0.6) is 0 Å². The van der Waals surface area contributed by atoms with Crippen molar-refractivity contribution in [3.63, 3.8) is 0 Å². The van der Waals surface area contributed by atoms with Crippen molar-refractivity contribution in [1.29, 1.82) is 0 Å². The first-order valence-electron chi connectivity index (χ1n) is 6.26. The van der Waals surface area contributed by atoms with Crippen LogP contribution in [0.4, 0.5) is 0 Å². The number of thioether (sulfide) groups is 1. The van der Waals surface area contributed by atoms with E-state index in [9.17, 15) is 0 Å². The Labute approximate surface area is 121 Å². The van der Waals surface area contributed by atoms with Gasteiger partial charge in [-0.05, 0) is 12.8 Å². The van der Waals surface area contributed by atoms with Crippen LogP contribution in [0, 0.1) is 0 Å². The molecule has 0 radical (unpaired) electrons. The van der Waals surface area contributed by atoms with Gasteiger partial charge in [0, 0.05) is 24.8 Å². The Kier molecular flexibility index (Phi) is 5.81. The third-order valence-corrected chi connectivity index (χ3v) is 4.50. The van der Waals surface area contributed by atoms with E-state index in [-0.39, 0.29) is 0 Å². The van der Waals surface area contributed by atoms with Crippen LogP contribution in [0.2, 0.25) is 0 Å². The first-order valence-corrected chi connectivity index (χ1v) is 8.12. The van der Waals surface area contributed by atoms with Crippen molar-refractivity contribution in [2.24, 2.45) is 0 Å². The fourth-order valence-electron chi connectivity index (χ4n) is 1.58. The zero-order valence-corrected chi connectivity index (χ0v) is 12.8. The van der Waals surface area contributed by atoms with Gasteiger partial charge in [0.05, 0.1) is 17.3 Å². The molecule has 0 saturated heterocycles. The van der Waals surface area contributed by atoms with E-state index in [1.165, 1.54) is 5.01 Å². The molecule has 0 N–H and O–H groups in total. The topological polar surface area (TPSA) is 52.8 Å². The molecule has 2 heterocycles. The molecule has 0 aromatic carbocycles. The van der Waals surface area contributed by atoms with Crippen LogP contribution in [0.25, 0.3) is 0 Å². The van der Waals surface area contributed by atoms with Gasteiger partial charge in [0.2, 0.25) is 0 Å². The van der Waals surface area contributed by atoms with Gasteiger partial charge in [0.1, 0.15) is 6.33 Å². The van der Waals surface area contributed by atoms with Crippen molar-refractivity contribution < 1.29 is 4.74 Å².